The zero-order valence-corrected chi connectivity index (χ0v) is 16.2. The lowest BCUT2D eigenvalue weighted by molar-refractivity contribution is -0.114. The van der Waals surface area contributed by atoms with Gasteiger partial charge in [0.1, 0.15) is 0 Å². The molecule has 1 fully saturated rings. The number of carbonyl (C=O) groups is 1. The summed E-state index contributed by atoms with van der Waals surface area (Å²) in [5, 5.41) is 14.7. The Labute approximate surface area is 168 Å². The first-order chi connectivity index (χ1) is 14.2. The first-order valence-corrected chi connectivity index (χ1v) is 9.48. The van der Waals surface area contributed by atoms with Gasteiger partial charge in [-0.25, -0.2) is 0 Å². The normalized spacial score (nSPS) is 13.9. The summed E-state index contributed by atoms with van der Waals surface area (Å²) < 4.78 is 6.98. The number of likely N-dealkylation sites (N-methyl/N-ethyl adjacent to an activating group) is 1. The van der Waals surface area contributed by atoms with Crippen LogP contribution in [-0.2, 0) is 9.53 Å². The lowest BCUT2D eigenvalue weighted by atomic mass is 10.2. The molecule has 1 N–H and O–H groups in total. The number of nitrogens with zero attached hydrogens (tertiary/aromatic N) is 6. The lowest BCUT2D eigenvalue weighted by Gasteiger charge is -2.28. The molecule has 0 bridgehead atoms. The number of nitrogens with one attached hydrogen (secondary N) is 1. The Balaban J connectivity index is 1.37. The molecule has 1 saturated heterocycles. The van der Waals surface area contributed by atoms with Crippen LogP contribution in [0.5, 0.6) is 0 Å². The fourth-order valence-corrected chi connectivity index (χ4v) is 3.22. The van der Waals surface area contributed by atoms with Crippen molar-refractivity contribution < 1.29 is 9.53 Å². The number of anilines is 3. The van der Waals surface area contributed by atoms with Crippen LogP contribution in [0.2, 0.25) is 0 Å². The smallest absolute Gasteiger partial charge is 0.250 e. The maximum absolute atomic E-state index is 12.5. The van der Waals surface area contributed by atoms with Gasteiger partial charge in [-0.15, -0.1) is 0 Å². The molecule has 9 heteroatoms. The molecule has 1 aliphatic rings. The van der Waals surface area contributed by atoms with Crippen LogP contribution in [0.4, 0.5) is 17.3 Å². The molecule has 0 saturated carbocycles. The highest BCUT2D eigenvalue weighted by Crippen LogP contribution is 2.19. The topological polar surface area (TPSA) is 88.4 Å². The van der Waals surface area contributed by atoms with Crippen LogP contribution in [0.15, 0.2) is 54.6 Å². The first-order valence-electron chi connectivity index (χ1n) is 9.48. The molecule has 0 spiro atoms. The molecule has 1 amide bonds. The van der Waals surface area contributed by atoms with Crippen LogP contribution >= 0.6 is 0 Å². The van der Waals surface area contributed by atoms with Crippen LogP contribution in [0.25, 0.3) is 5.69 Å². The average Bonchev–Trinajstić information content (AvgIpc) is 3.26. The second-order valence-electron chi connectivity index (χ2n) is 6.78. The van der Waals surface area contributed by atoms with E-state index < -0.39 is 0 Å². The molecule has 0 aliphatic carbocycles. The van der Waals surface area contributed by atoms with Crippen LogP contribution in [-0.4, -0.2) is 66.0 Å². The van der Waals surface area contributed by atoms with Crippen LogP contribution in [0.3, 0.4) is 0 Å². The van der Waals surface area contributed by atoms with Gasteiger partial charge in [-0.1, -0.05) is 23.3 Å². The predicted octanol–water partition coefficient (Wildman–Crippen LogP) is 1.57. The summed E-state index contributed by atoms with van der Waals surface area (Å²) in [6.07, 6.45) is 0. The number of amides is 1. The molecule has 0 unspecified atom stereocenters. The third kappa shape index (κ3) is 4.52. The summed E-state index contributed by atoms with van der Waals surface area (Å²) in [5.41, 5.74) is 2.71. The van der Waals surface area contributed by atoms with E-state index in [-0.39, 0.29) is 12.5 Å². The highest BCUT2D eigenvalue weighted by molar-refractivity contribution is 5.94. The van der Waals surface area contributed by atoms with Gasteiger partial charge in [-0.2, -0.15) is 4.68 Å². The van der Waals surface area contributed by atoms with E-state index in [1.54, 1.807) is 16.6 Å². The molecule has 29 heavy (non-hydrogen) atoms. The third-order valence-electron chi connectivity index (χ3n) is 4.70. The summed E-state index contributed by atoms with van der Waals surface area (Å²) in [5.74, 6) is 0.350. The molecule has 2 heterocycles. The minimum Gasteiger partial charge on any atom is -0.378 e. The SMILES string of the molecule is CN(CC(=O)Nc1ccc(N2CCOCC2)cc1)c1nnnn1-c1ccccc1. The number of hydrogen-bond acceptors (Lipinski definition) is 7. The van der Waals surface area contributed by atoms with Gasteiger partial charge in [0.25, 0.3) is 5.95 Å². The van der Waals surface area contributed by atoms with Crippen molar-refractivity contribution in [3.05, 3.63) is 54.6 Å². The second kappa shape index (κ2) is 8.70. The summed E-state index contributed by atoms with van der Waals surface area (Å²) in [6, 6.07) is 17.4. The molecular formula is C20H23N7O2. The van der Waals surface area contributed by atoms with Crippen molar-refractivity contribution in [3.63, 3.8) is 0 Å². The second-order valence-corrected chi connectivity index (χ2v) is 6.78. The molecule has 1 aromatic heterocycles. The summed E-state index contributed by atoms with van der Waals surface area (Å²) in [7, 11) is 1.78. The van der Waals surface area contributed by atoms with E-state index in [9.17, 15) is 4.79 Å². The Morgan fingerprint density at radius 2 is 1.79 bits per heavy atom. The van der Waals surface area contributed by atoms with Crippen molar-refractivity contribution in [2.45, 2.75) is 0 Å². The van der Waals surface area contributed by atoms with Crippen LogP contribution < -0.4 is 15.1 Å². The third-order valence-corrected chi connectivity index (χ3v) is 4.70. The Morgan fingerprint density at radius 1 is 1.07 bits per heavy atom. The van der Waals surface area contributed by atoms with Gasteiger partial charge in [-0.3, -0.25) is 4.79 Å². The minimum absolute atomic E-state index is 0.123. The van der Waals surface area contributed by atoms with E-state index in [0.29, 0.717) is 5.95 Å². The van der Waals surface area contributed by atoms with Crippen molar-refractivity contribution in [3.8, 4) is 5.69 Å². The summed E-state index contributed by atoms with van der Waals surface area (Å²) in [6.45, 7) is 3.37. The number of hydrogen-bond donors (Lipinski definition) is 1. The Hall–Kier alpha value is -3.46. The van der Waals surface area contributed by atoms with E-state index in [1.165, 1.54) is 0 Å². The number of morpholine rings is 1. The number of benzene rings is 2. The van der Waals surface area contributed by atoms with Crippen LogP contribution in [0.1, 0.15) is 0 Å². The van der Waals surface area contributed by atoms with Crippen molar-refractivity contribution in [1.29, 1.82) is 0 Å². The number of rotatable bonds is 6. The van der Waals surface area contributed by atoms with Gasteiger partial charge < -0.3 is 19.9 Å². The molecule has 2 aromatic carbocycles. The van der Waals surface area contributed by atoms with E-state index in [1.807, 2.05) is 54.6 Å². The Morgan fingerprint density at radius 3 is 2.52 bits per heavy atom. The number of ether oxygens (including phenoxy) is 1. The molecular weight excluding hydrogens is 370 g/mol. The van der Waals surface area contributed by atoms with Gasteiger partial charge in [0, 0.05) is 31.5 Å². The van der Waals surface area contributed by atoms with Crippen molar-refractivity contribution in [2.75, 3.05) is 55.0 Å². The van der Waals surface area contributed by atoms with Crippen molar-refractivity contribution >= 4 is 23.2 Å². The fraction of sp³-hybridized carbons (Fsp3) is 0.300. The van der Waals surface area contributed by atoms with E-state index in [0.717, 1.165) is 43.4 Å². The molecule has 4 rings (SSSR count). The van der Waals surface area contributed by atoms with Gasteiger partial charge in [-0.05, 0) is 46.8 Å². The zero-order chi connectivity index (χ0) is 20.1. The van der Waals surface area contributed by atoms with Crippen LogP contribution in [0, 0.1) is 0 Å². The fourth-order valence-electron chi connectivity index (χ4n) is 3.22. The molecule has 9 nitrogen and oxygen atoms in total. The highest BCUT2D eigenvalue weighted by atomic mass is 16.5. The quantitative estimate of drug-likeness (QED) is 0.680. The largest absolute Gasteiger partial charge is 0.378 e. The summed E-state index contributed by atoms with van der Waals surface area (Å²) in [4.78, 5) is 16.5. The first kappa shape index (κ1) is 18.9. The molecule has 3 aromatic rings. The maximum atomic E-state index is 12.5. The molecule has 0 atom stereocenters. The number of aromatic nitrogens is 4. The van der Waals surface area contributed by atoms with E-state index >= 15 is 0 Å². The molecule has 150 valence electrons. The monoisotopic (exact) mass is 393 g/mol. The van der Waals surface area contributed by atoms with E-state index in [2.05, 4.69) is 25.7 Å². The molecule has 0 radical (unpaired) electrons. The van der Waals surface area contributed by atoms with Crippen molar-refractivity contribution in [1.82, 2.24) is 20.2 Å². The van der Waals surface area contributed by atoms with Gasteiger partial charge >= 0.3 is 0 Å². The van der Waals surface area contributed by atoms with Gasteiger partial charge in [0.2, 0.25) is 5.91 Å². The Bertz CT molecular complexity index is 937. The average molecular weight is 393 g/mol. The lowest BCUT2D eigenvalue weighted by Crippen LogP contribution is -2.36. The number of tetrazole rings is 1. The minimum atomic E-state index is -0.144. The summed E-state index contributed by atoms with van der Waals surface area (Å²) >= 11 is 0. The van der Waals surface area contributed by atoms with Gasteiger partial charge in [0.15, 0.2) is 0 Å². The predicted molar refractivity (Wildman–Crippen MR) is 111 cm³/mol. The Kier molecular flexibility index (Phi) is 5.66. The highest BCUT2D eigenvalue weighted by Gasteiger charge is 2.16. The maximum Gasteiger partial charge on any atom is 0.250 e. The molecule has 1 aliphatic heterocycles. The van der Waals surface area contributed by atoms with E-state index in [4.69, 9.17) is 4.74 Å². The standard InChI is InChI=1S/C20H23N7O2/c1-25(20-22-23-24-27(20)18-5-3-2-4-6-18)15-19(28)21-16-7-9-17(10-8-16)26-11-13-29-14-12-26/h2-10H,11-15H2,1H3,(H,21,28). The van der Waals surface area contributed by atoms with Gasteiger partial charge in [0.05, 0.1) is 25.4 Å². The number of carbonyl (C=O) groups excluding carboxylic acids is 1. The zero-order valence-electron chi connectivity index (χ0n) is 16.2. The van der Waals surface area contributed by atoms with Crippen molar-refractivity contribution in [2.24, 2.45) is 0 Å². The number of para-hydroxylation sites is 1.